The number of aliphatic hydroxyl groups is 1. The van der Waals surface area contributed by atoms with Crippen LogP contribution in [0, 0.1) is 0 Å². The Morgan fingerprint density at radius 3 is 1.23 bits per heavy atom. The molecule has 0 aromatic rings. The van der Waals surface area contributed by atoms with Crippen LogP contribution in [0.1, 0.15) is 278 Å². The monoisotopic (exact) mass is 1010 g/mol. The van der Waals surface area contributed by atoms with E-state index in [9.17, 15) is 24.0 Å². The second-order valence-corrected chi connectivity index (χ2v) is 20.1. The molecule has 0 bridgehead atoms. The van der Waals surface area contributed by atoms with Gasteiger partial charge in [0.15, 0.2) is 0 Å². The maximum Gasteiger partial charge on any atom is 0.509 e. The van der Waals surface area contributed by atoms with E-state index in [1.807, 2.05) is 11.9 Å². The fraction of sp³-hybridized carbons (Fsp3) is 0.914. The van der Waals surface area contributed by atoms with Gasteiger partial charge in [-0.1, -0.05) is 169 Å². The van der Waals surface area contributed by atoms with Gasteiger partial charge in [-0.15, -0.1) is 0 Å². The average Bonchev–Trinajstić information content (AvgIpc) is 3.35. The molecular formula is C58H109NO12. The topological polar surface area (TPSA) is 164 Å². The molecule has 0 aromatic carbocycles. The van der Waals surface area contributed by atoms with Crippen molar-refractivity contribution in [1.82, 2.24) is 4.90 Å². The Morgan fingerprint density at radius 1 is 0.380 bits per heavy atom. The molecule has 1 N–H and O–H groups in total. The van der Waals surface area contributed by atoms with Gasteiger partial charge in [0.05, 0.1) is 13.2 Å². The number of ether oxygens (including phenoxy) is 6. The number of carbonyl (C=O) groups is 5. The second-order valence-electron chi connectivity index (χ2n) is 20.1. The van der Waals surface area contributed by atoms with Gasteiger partial charge in [-0.2, -0.15) is 0 Å². The number of rotatable bonds is 53. The van der Waals surface area contributed by atoms with E-state index in [1.165, 1.54) is 103 Å². The standard InChI is InChI=1S/C58H109NO12/c1-6-10-14-18-22-30-39-51(37-28-16-12-8-3)69-55(62)41-32-24-20-26-34-48-66-54(61)44-43-53(71-58(65)68-50-46-59(5)45-36-47-60)57(64)67-49-35-27-21-25-33-42-56(63)70-52(38-29-17-13-9-4)40-31-23-19-15-11-7-2/h51-53,60H,6-50H2,1-5H3. The van der Waals surface area contributed by atoms with Crippen molar-refractivity contribution < 1.29 is 57.5 Å². The average molecular weight is 1010 g/mol. The smallest absolute Gasteiger partial charge is 0.466 e. The summed E-state index contributed by atoms with van der Waals surface area (Å²) in [5, 5.41) is 9.07. The Bertz CT molecular complexity index is 1250. The van der Waals surface area contributed by atoms with Gasteiger partial charge in [-0.05, 0) is 90.5 Å². The number of hydrogen-bond donors (Lipinski definition) is 1. The minimum atomic E-state index is -1.33. The summed E-state index contributed by atoms with van der Waals surface area (Å²) in [5.41, 5.74) is 0. The molecule has 13 nitrogen and oxygen atoms in total. The van der Waals surface area contributed by atoms with Gasteiger partial charge >= 0.3 is 30.0 Å². The van der Waals surface area contributed by atoms with Crippen LogP contribution in [0.15, 0.2) is 0 Å². The molecule has 3 unspecified atom stereocenters. The lowest BCUT2D eigenvalue weighted by Crippen LogP contribution is -2.32. The van der Waals surface area contributed by atoms with E-state index >= 15 is 0 Å². The van der Waals surface area contributed by atoms with Gasteiger partial charge in [-0.25, -0.2) is 9.59 Å². The Kier molecular flexibility index (Phi) is 49.8. The molecule has 0 aliphatic heterocycles. The van der Waals surface area contributed by atoms with Crippen molar-refractivity contribution in [3.63, 3.8) is 0 Å². The third-order valence-corrected chi connectivity index (χ3v) is 13.2. The Hall–Kier alpha value is -2.93. The molecule has 0 fully saturated rings. The predicted octanol–water partition coefficient (Wildman–Crippen LogP) is 14.6. The van der Waals surface area contributed by atoms with Gasteiger partial charge in [0.25, 0.3) is 0 Å². The van der Waals surface area contributed by atoms with Crippen LogP contribution in [-0.2, 0) is 47.6 Å². The first-order valence-corrected chi connectivity index (χ1v) is 29.4. The Morgan fingerprint density at radius 2 is 0.775 bits per heavy atom. The lowest BCUT2D eigenvalue weighted by Gasteiger charge is -2.18. The molecule has 0 saturated heterocycles. The highest BCUT2D eigenvalue weighted by Gasteiger charge is 2.27. The van der Waals surface area contributed by atoms with Gasteiger partial charge in [0.1, 0.15) is 18.8 Å². The maximum absolute atomic E-state index is 13.1. The van der Waals surface area contributed by atoms with Gasteiger partial charge in [0.2, 0.25) is 6.10 Å². The van der Waals surface area contributed by atoms with Crippen LogP contribution in [0.5, 0.6) is 0 Å². The molecule has 418 valence electrons. The fourth-order valence-corrected chi connectivity index (χ4v) is 8.60. The molecule has 71 heavy (non-hydrogen) atoms. The lowest BCUT2D eigenvalue weighted by molar-refractivity contribution is -0.157. The Balaban J connectivity index is 4.71. The molecule has 3 atom stereocenters. The minimum absolute atomic E-state index is 0.0178. The molecule has 0 radical (unpaired) electrons. The van der Waals surface area contributed by atoms with E-state index in [-0.39, 0.29) is 63.4 Å². The van der Waals surface area contributed by atoms with Crippen LogP contribution in [0.3, 0.4) is 0 Å². The number of nitrogens with zero attached hydrogens (tertiary/aromatic N) is 1. The van der Waals surface area contributed by atoms with Crippen molar-refractivity contribution in [3.8, 4) is 0 Å². The predicted molar refractivity (Wildman–Crippen MR) is 285 cm³/mol. The molecule has 0 rings (SSSR count). The molecule has 0 aliphatic carbocycles. The van der Waals surface area contributed by atoms with Crippen molar-refractivity contribution in [2.45, 2.75) is 296 Å². The van der Waals surface area contributed by atoms with Crippen LogP contribution in [0.25, 0.3) is 0 Å². The van der Waals surface area contributed by atoms with E-state index in [2.05, 4.69) is 27.7 Å². The van der Waals surface area contributed by atoms with Gasteiger partial charge < -0.3 is 38.4 Å². The summed E-state index contributed by atoms with van der Waals surface area (Å²) in [6, 6.07) is 0. The molecule has 0 amide bonds. The summed E-state index contributed by atoms with van der Waals surface area (Å²) >= 11 is 0. The van der Waals surface area contributed by atoms with E-state index in [1.54, 1.807) is 0 Å². The highest BCUT2D eigenvalue weighted by molar-refractivity contribution is 5.78. The first-order chi connectivity index (χ1) is 34.6. The molecule has 0 spiro atoms. The number of esters is 4. The first kappa shape index (κ1) is 68.1. The highest BCUT2D eigenvalue weighted by atomic mass is 16.7. The van der Waals surface area contributed by atoms with Crippen molar-refractivity contribution in [2.75, 3.05) is 46.6 Å². The van der Waals surface area contributed by atoms with E-state index < -0.39 is 24.2 Å². The summed E-state index contributed by atoms with van der Waals surface area (Å²) in [6.07, 6.45) is 34.8. The lowest BCUT2D eigenvalue weighted by atomic mass is 10.0. The summed E-state index contributed by atoms with van der Waals surface area (Å²) in [4.78, 5) is 65.7. The zero-order valence-electron chi connectivity index (χ0n) is 46.4. The Labute approximate surface area is 434 Å². The van der Waals surface area contributed by atoms with Gasteiger partial charge in [0, 0.05) is 45.4 Å². The third-order valence-electron chi connectivity index (χ3n) is 13.2. The SMILES string of the molecule is CCCCCCCCC(CCCCCC)OC(=O)CCCCCCCOC(=O)CCC(OC(=O)OCCN(C)CCCO)C(=O)OCCCCCCCC(=O)OC(CCCCCC)CCCCCCCC. The third kappa shape index (κ3) is 46.6. The van der Waals surface area contributed by atoms with Crippen molar-refractivity contribution in [2.24, 2.45) is 0 Å². The van der Waals surface area contributed by atoms with Crippen LogP contribution in [-0.4, -0.2) is 105 Å². The maximum atomic E-state index is 13.1. The molecule has 0 heterocycles. The van der Waals surface area contributed by atoms with Crippen molar-refractivity contribution in [3.05, 3.63) is 0 Å². The van der Waals surface area contributed by atoms with E-state index in [0.717, 1.165) is 103 Å². The van der Waals surface area contributed by atoms with Crippen molar-refractivity contribution in [1.29, 1.82) is 0 Å². The van der Waals surface area contributed by atoms with Crippen LogP contribution >= 0.6 is 0 Å². The molecule has 0 saturated carbocycles. The van der Waals surface area contributed by atoms with Crippen molar-refractivity contribution >= 4 is 30.0 Å². The fourth-order valence-electron chi connectivity index (χ4n) is 8.60. The number of likely N-dealkylation sites (N-methyl/N-ethyl adjacent to an activating group) is 1. The van der Waals surface area contributed by atoms with E-state index in [4.69, 9.17) is 33.5 Å². The molecule has 0 aliphatic rings. The van der Waals surface area contributed by atoms with Gasteiger partial charge in [-0.3, -0.25) is 14.4 Å². The minimum Gasteiger partial charge on any atom is -0.466 e. The second kappa shape index (κ2) is 52.0. The highest BCUT2D eigenvalue weighted by Crippen LogP contribution is 2.20. The number of unbranched alkanes of at least 4 members (excludes halogenated alkanes) is 24. The van der Waals surface area contributed by atoms with Crippen LogP contribution in [0.4, 0.5) is 4.79 Å². The van der Waals surface area contributed by atoms with Crippen LogP contribution < -0.4 is 0 Å². The molecule has 13 heteroatoms. The summed E-state index contributed by atoms with van der Waals surface area (Å²) < 4.78 is 33.4. The zero-order chi connectivity index (χ0) is 52.3. The normalized spacial score (nSPS) is 12.6. The zero-order valence-corrected chi connectivity index (χ0v) is 46.4. The number of aliphatic hydroxyl groups excluding tert-OH is 1. The summed E-state index contributed by atoms with van der Waals surface area (Å²) in [6.45, 7) is 10.4. The molecule has 0 aromatic heterocycles. The number of hydrogen-bond acceptors (Lipinski definition) is 13. The first-order valence-electron chi connectivity index (χ1n) is 29.4. The largest absolute Gasteiger partial charge is 0.509 e. The van der Waals surface area contributed by atoms with E-state index in [0.29, 0.717) is 45.2 Å². The summed E-state index contributed by atoms with van der Waals surface area (Å²) in [5.74, 6) is -1.44. The van der Waals surface area contributed by atoms with Crippen LogP contribution in [0.2, 0.25) is 0 Å². The number of carbonyl (C=O) groups excluding carboxylic acids is 5. The molecular weight excluding hydrogens is 903 g/mol. The summed E-state index contributed by atoms with van der Waals surface area (Å²) in [7, 11) is 1.84. The quantitative estimate of drug-likeness (QED) is 0.0348.